The second-order valence-corrected chi connectivity index (χ2v) is 8.05. The van der Waals surface area contributed by atoms with Gasteiger partial charge in [0.15, 0.2) is 0 Å². The minimum absolute atomic E-state index is 0.560. The van der Waals surface area contributed by atoms with Gasteiger partial charge in [0.1, 0.15) is 0 Å². The van der Waals surface area contributed by atoms with Gasteiger partial charge >= 0.3 is 0 Å². The van der Waals surface area contributed by atoms with Crippen LogP contribution in [0.25, 0.3) is 0 Å². The van der Waals surface area contributed by atoms with Gasteiger partial charge in [0.25, 0.3) is 0 Å². The molecule has 2 saturated carbocycles. The monoisotopic (exact) mass is 303 g/mol. The summed E-state index contributed by atoms with van der Waals surface area (Å²) >= 11 is 6.09. The molecule has 1 aromatic rings. The highest BCUT2D eigenvalue weighted by Gasteiger charge is 2.47. The third-order valence-electron chi connectivity index (χ3n) is 6.37. The first-order valence-corrected chi connectivity index (χ1v) is 9.11. The topological polar surface area (TPSA) is 12.0 Å². The lowest BCUT2D eigenvalue weighted by Gasteiger charge is -2.50. The van der Waals surface area contributed by atoms with Crippen molar-refractivity contribution in [2.75, 3.05) is 13.1 Å². The molecule has 0 bridgehead atoms. The van der Waals surface area contributed by atoms with E-state index in [-0.39, 0.29) is 0 Å². The molecule has 21 heavy (non-hydrogen) atoms. The van der Waals surface area contributed by atoms with E-state index in [0.717, 1.165) is 23.4 Å². The summed E-state index contributed by atoms with van der Waals surface area (Å²) in [6.07, 6.45) is 10.2. The van der Waals surface area contributed by atoms with Crippen molar-refractivity contribution in [3.63, 3.8) is 0 Å². The molecular formula is C19H26ClN. The van der Waals surface area contributed by atoms with Crippen molar-refractivity contribution in [3.8, 4) is 0 Å². The molecule has 1 aliphatic heterocycles. The average molecular weight is 304 g/mol. The second kappa shape index (κ2) is 5.59. The van der Waals surface area contributed by atoms with Crippen LogP contribution in [0.2, 0.25) is 5.02 Å². The summed E-state index contributed by atoms with van der Waals surface area (Å²) in [5.41, 5.74) is 2.06. The first-order valence-electron chi connectivity index (χ1n) is 8.73. The number of hydrogen-bond donors (Lipinski definition) is 1. The molecule has 1 spiro atoms. The van der Waals surface area contributed by atoms with Crippen LogP contribution in [0.15, 0.2) is 24.3 Å². The molecular weight excluding hydrogens is 278 g/mol. The highest BCUT2D eigenvalue weighted by atomic mass is 35.5. The largest absolute Gasteiger partial charge is 0.316 e. The Morgan fingerprint density at radius 2 is 1.81 bits per heavy atom. The Morgan fingerprint density at radius 1 is 1.00 bits per heavy atom. The van der Waals surface area contributed by atoms with E-state index in [0.29, 0.717) is 11.3 Å². The van der Waals surface area contributed by atoms with Gasteiger partial charge in [0.2, 0.25) is 0 Å². The number of piperidine rings is 1. The van der Waals surface area contributed by atoms with Crippen molar-refractivity contribution in [2.45, 2.75) is 50.9 Å². The van der Waals surface area contributed by atoms with E-state index >= 15 is 0 Å². The number of nitrogens with one attached hydrogen (secondary N) is 1. The predicted octanol–water partition coefficient (Wildman–Crippen LogP) is 5.00. The molecule has 3 atom stereocenters. The Hall–Kier alpha value is -0.530. The standard InChI is InChI=1S/C19H26ClN/c20-17-7-5-15(6-8-17)18-13-21-11-10-19(18)9-1-2-16(12-19)14-3-4-14/h5-8,14,16,18,21H,1-4,9-13H2. The maximum Gasteiger partial charge on any atom is 0.0406 e. The average Bonchev–Trinajstić information content (AvgIpc) is 3.34. The van der Waals surface area contributed by atoms with Crippen LogP contribution in [0.1, 0.15) is 56.4 Å². The second-order valence-electron chi connectivity index (χ2n) is 7.61. The Balaban J connectivity index is 1.61. The van der Waals surface area contributed by atoms with Crippen molar-refractivity contribution in [1.29, 1.82) is 0 Å². The first kappa shape index (κ1) is 14.1. The van der Waals surface area contributed by atoms with Gasteiger partial charge in [-0.3, -0.25) is 0 Å². The van der Waals surface area contributed by atoms with Crippen molar-refractivity contribution in [3.05, 3.63) is 34.9 Å². The van der Waals surface area contributed by atoms with Crippen LogP contribution in [0.3, 0.4) is 0 Å². The first-order chi connectivity index (χ1) is 10.3. The lowest BCUT2D eigenvalue weighted by molar-refractivity contribution is 0.0629. The Labute approximate surface area is 133 Å². The molecule has 2 heteroatoms. The predicted molar refractivity (Wildman–Crippen MR) is 88.8 cm³/mol. The third-order valence-corrected chi connectivity index (χ3v) is 6.62. The molecule has 1 aromatic carbocycles. The van der Waals surface area contributed by atoms with Crippen LogP contribution < -0.4 is 5.32 Å². The van der Waals surface area contributed by atoms with E-state index in [4.69, 9.17) is 11.6 Å². The number of hydrogen-bond acceptors (Lipinski definition) is 1. The Morgan fingerprint density at radius 3 is 2.57 bits per heavy atom. The summed E-state index contributed by atoms with van der Waals surface area (Å²) in [5, 5.41) is 4.50. The van der Waals surface area contributed by atoms with Crippen LogP contribution in [0, 0.1) is 17.3 Å². The quantitative estimate of drug-likeness (QED) is 0.810. The molecule has 4 rings (SSSR count). The van der Waals surface area contributed by atoms with E-state index < -0.39 is 0 Å². The zero-order valence-electron chi connectivity index (χ0n) is 12.8. The zero-order valence-corrected chi connectivity index (χ0v) is 13.5. The summed E-state index contributed by atoms with van der Waals surface area (Å²) in [5.74, 6) is 2.78. The molecule has 0 aromatic heterocycles. The van der Waals surface area contributed by atoms with Gasteiger partial charge in [0, 0.05) is 17.5 Å². The number of rotatable bonds is 2. The highest BCUT2D eigenvalue weighted by molar-refractivity contribution is 6.30. The van der Waals surface area contributed by atoms with E-state index in [9.17, 15) is 0 Å². The minimum Gasteiger partial charge on any atom is -0.316 e. The number of benzene rings is 1. The fraction of sp³-hybridized carbons (Fsp3) is 0.684. The van der Waals surface area contributed by atoms with Crippen molar-refractivity contribution in [2.24, 2.45) is 17.3 Å². The van der Waals surface area contributed by atoms with E-state index in [1.54, 1.807) is 0 Å². The normalized spacial score (nSPS) is 36.8. The molecule has 1 heterocycles. The van der Waals surface area contributed by atoms with Gasteiger partial charge in [0.05, 0.1) is 0 Å². The van der Waals surface area contributed by atoms with Crippen molar-refractivity contribution in [1.82, 2.24) is 5.32 Å². The fourth-order valence-corrected chi connectivity index (χ4v) is 5.22. The third kappa shape index (κ3) is 2.75. The SMILES string of the molecule is Clc1ccc(C2CNCCC23CCCC(C2CC2)C3)cc1. The maximum atomic E-state index is 6.09. The molecule has 1 saturated heterocycles. The summed E-state index contributed by atoms with van der Waals surface area (Å²) in [7, 11) is 0. The minimum atomic E-state index is 0.560. The molecule has 3 aliphatic rings. The fourth-order valence-electron chi connectivity index (χ4n) is 5.10. The van der Waals surface area contributed by atoms with Gasteiger partial charge in [-0.2, -0.15) is 0 Å². The van der Waals surface area contributed by atoms with E-state index in [1.807, 2.05) is 0 Å². The molecule has 1 N–H and O–H groups in total. The summed E-state index contributed by atoms with van der Waals surface area (Å²) in [4.78, 5) is 0. The molecule has 3 fully saturated rings. The van der Waals surface area contributed by atoms with E-state index in [2.05, 4.69) is 29.6 Å². The summed E-state index contributed by atoms with van der Waals surface area (Å²) < 4.78 is 0. The maximum absolute atomic E-state index is 6.09. The lowest BCUT2D eigenvalue weighted by Crippen LogP contribution is -2.46. The van der Waals surface area contributed by atoms with Gasteiger partial charge in [-0.15, -0.1) is 0 Å². The van der Waals surface area contributed by atoms with Gasteiger partial charge in [-0.05, 0) is 73.6 Å². The van der Waals surface area contributed by atoms with Gasteiger partial charge in [-0.1, -0.05) is 36.6 Å². The molecule has 3 unspecified atom stereocenters. The molecule has 0 radical (unpaired) electrons. The molecule has 114 valence electrons. The molecule has 0 amide bonds. The summed E-state index contributed by atoms with van der Waals surface area (Å²) in [6, 6.07) is 8.67. The van der Waals surface area contributed by atoms with Crippen LogP contribution >= 0.6 is 11.6 Å². The number of halogens is 1. The highest BCUT2D eigenvalue weighted by Crippen LogP contribution is 2.56. The van der Waals surface area contributed by atoms with Gasteiger partial charge < -0.3 is 5.32 Å². The van der Waals surface area contributed by atoms with E-state index in [1.165, 1.54) is 57.1 Å². The molecule has 2 aliphatic carbocycles. The van der Waals surface area contributed by atoms with Crippen LogP contribution in [-0.2, 0) is 0 Å². The van der Waals surface area contributed by atoms with Crippen LogP contribution in [0.4, 0.5) is 0 Å². The van der Waals surface area contributed by atoms with Gasteiger partial charge in [-0.25, -0.2) is 0 Å². The smallest absolute Gasteiger partial charge is 0.0406 e. The lowest BCUT2D eigenvalue weighted by atomic mass is 9.58. The zero-order chi connectivity index (χ0) is 14.3. The Bertz CT molecular complexity index is 489. The van der Waals surface area contributed by atoms with Crippen LogP contribution in [0.5, 0.6) is 0 Å². The molecule has 1 nitrogen and oxygen atoms in total. The van der Waals surface area contributed by atoms with Crippen molar-refractivity contribution < 1.29 is 0 Å². The Kier molecular flexibility index (Phi) is 3.75. The van der Waals surface area contributed by atoms with Crippen LogP contribution in [-0.4, -0.2) is 13.1 Å². The summed E-state index contributed by atoms with van der Waals surface area (Å²) in [6.45, 7) is 2.36. The van der Waals surface area contributed by atoms with Crippen molar-refractivity contribution >= 4 is 11.6 Å².